The summed E-state index contributed by atoms with van der Waals surface area (Å²) in [7, 11) is -0.789. The zero-order valence-electron chi connectivity index (χ0n) is 13.6. The fourth-order valence-electron chi connectivity index (χ4n) is 3.05. The molecule has 2 atom stereocenters. The van der Waals surface area contributed by atoms with Gasteiger partial charge in [0.1, 0.15) is 18.5 Å². The molecule has 2 unspecified atom stereocenters. The van der Waals surface area contributed by atoms with Gasteiger partial charge in [-0.1, -0.05) is 6.07 Å². The molecule has 126 valence electrons. The molecule has 5 nitrogen and oxygen atoms in total. The zero-order chi connectivity index (χ0) is 16.4. The average molecular weight is 336 g/mol. The highest BCUT2D eigenvalue weighted by Gasteiger charge is 2.33. The van der Waals surface area contributed by atoms with Crippen LogP contribution in [-0.2, 0) is 10.8 Å². The van der Waals surface area contributed by atoms with Crippen molar-refractivity contribution >= 4 is 21.7 Å². The number of aliphatic hydroxyl groups is 1. The van der Waals surface area contributed by atoms with Crippen LogP contribution in [0.25, 0.3) is 10.9 Å². The lowest BCUT2D eigenvalue weighted by Crippen LogP contribution is -2.52. The van der Waals surface area contributed by atoms with Gasteiger partial charge in [-0.2, -0.15) is 0 Å². The quantitative estimate of drug-likeness (QED) is 0.873. The van der Waals surface area contributed by atoms with E-state index in [2.05, 4.69) is 9.88 Å². The molecule has 0 bridgehead atoms. The molecule has 0 aliphatic carbocycles. The third kappa shape index (κ3) is 3.76. The fraction of sp³-hybridized carbons (Fsp3) is 0.529. The van der Waals surface area contributed by atoms with Gasteiger partial charge in [0.05, 0.1) is 4.75 Å². The molecule has 0 saturated carbocycles. The van der Waals surface area contributed by atoms with Gasteiger partial charge in [0.25, 0.3) is 0 Å². The molecule has 2 aromatic rings. The molecule has 1 fully saturated rings. The second kappa shape index (κ2) is 6.63. The highest BCUT2D eigenvalue weighted by Crippen LogP contribution is 2.25. The van der Waals surface area contributed by atoms with E-state index in [1.54, 1.807) is 0 Å². The van der Waals surface area contributed by atoms with E-state index in [0.717, 1.165) is 29.7 Å². The lowest BCUT2D eigenvalue weighted by molar-refractivity contribution is 0.0667. The molecule has 1 aliphatic heterocycles. The van der Waals surface area contributed by atoms with E-state index in [1.807, 2.05) is 44.3 Å². The number of fused-ring (bicyclic) bond motifs is 1. The topological polar surface area (TPSA) is 65.6 Å². The van der Waals surface area contributed by atoms with Crippen molar-refractivity contribution in [1.82, 2.24) is 9.88 Å². The number of nitrogens with zero attached hydrogens (tertiary/aromatic N) is 1. The van der Waals surface area contributed by atoms with Gasteiger partial charge in [0.2, 0.25) is 0 Å². The maximum Gasteiger partial charge on any atom is 0.128 e. The summed E-state index contributed by atoms with van der Waals surface area (Å²) < 4.78 is 17.5. The van der Waals surface area contributed by atoms with E-state index in [-0.39, 0.29) is 11.4 Å². The molecule has 0 radical (unpaired) electrons. The third-order valence-electron chi connectivity index (χ3n) is 4.27. The van der Waals surface area contributed by atoms with Crippen molar-refractivity contribution < 1.29 is 14.1 Å². The largest absolute Gasteiger partial charge is 0.490 e. The number of nitrogens with one attached hydrogen (secondary N) is 1. The van der Waals surface area contributed by atoms with E-state index in [4.69, 9.17) is 4.74 Å². The Hall–Kier alpha value is -1.37. The normalized spacial score (nSPS) is 23.0. The first-order valence-corrected chi connectivity index (χ1v) is 9.25. The monoisotopic (exact) mass is 336 g/mol. The standard InChI is InChI=1S/C17H24N2O3S/c1-17(2)12-19(8-9-23(17)21)10-13(20)11-22-16-5-3-4-15-14(16)6-7-18-15/h3-7,13,18,20H,8-12H2,1-2H3. The highest BCUT2D eigenvalue weighted by atomic mass is 32.2. The van der Waals surface area contributed by atoms with Crippen LogP contribution >= 0.6 is 0 Å². The molecular formula is C17H24N2O3S. The minimum atomic E-state index is -0.789. The Labute approximate surface area is 139 Å². The summed E-state index contributed by atoms with van der Waals surface area (Å²) in [4.78, 5) is 5.32. The predicted octanol–water partition coefficient (Wildman–Crippen LogP) is 1.75. The smallest absolute Gasteiger partial charge is 0.128 e. The van der Waals surface area contributed by atoms with Crippen LogP contribution in [0.5, 0.6) is 5.75 Å². The number of benzene rings is 1. The number of hydrogen-bond donors (Lipinski definition) is 2. The summed E-state index contributed by atoms with van der Waals surface area (Å²) >= 11 is 0. The van der Waals surface area contributed by atoms with Gasteiger partial charge in [0, 0.05) is 53.3 Å². The van der Waals surface area contributed by atoms with Crippen LogP contribution in [0.2, 0.25) is 0 Å². The fourth-order valence-corrected chi connectivity index (χ4v) is 4.36. The summed E-state index contributed by atoms with van der Waals surface area (Å²) in [6.45, 7) is 6.34. The van der Waals surface area contributed by atoms with Crippen LogP contribution in [0.4, 0.5) is 0 Å². The van der Waals surface area contributed by atoms with Crippen LogP contribution in [0.15, 0.2) is 30.5 Å². The Morgan fingerprint density at radius 2 is 2.26 bits per heavy atom. The summed E-state index contributed by atoms with van der Waals surface area (Å²) in [5.74, 6) is 1.45. The SMILES string of the molecule is CC1(C)CN(CC(O)COc2cccc3[nH]ccc23)CCS1=O. The van der Waals surface area contributed by atoms with Gasteiger partial charge in [-0.15, -0.1) is 0 Å². The van der Waals surface area contributed by atoms with Crippen molar-refractivity contribution in [2.45, 2.75) is 24.7 Å². The van der Waals surface area contributed by atoms with E-state index >= 15 is 0 Å². The number of hydrogen-bond acceptors (Lipinski definition) is 4. The molecule has 1 aliphatic rings. The van der Waals surface area contributed by atoms with Crippen LogP contribution < -0.4 is 4.74 Å². The molecule has 0 amide bonds. The Kier molecular flexibility index (Phi) is 4.75. The van der Waals surface area contributed by atoms with Crippen molar-refractivity contribution in [2.75, 3.05) is 32.0 Å². The molecule has 1 aromatic carbocycles. The maximum atomic E-state index is 12.0. The Balaban J connectivity index is 1.55. The zero-order valence-corrected chi connectivity index (χ0v) is 14.4. The summed E-state index contributed by atoms with van der Waals surface area (Å²) in [5, 5.41) is 11.3. The van der Waals surface area contributed by atoms with Gasteiger partial charge in [-0.3, -0.25) is 9.11 Å². The van der Waals surface area contributed by atoms with E-state index in [1.165, 1.54) is 0 Å². The summed E-state index contributed by atoms with van der Waals surface area (Å²) in [5.41, 5.74) is 1.03. The highest BCUT2D eigenvalue weighted by molar-refractivity contribution is 7.86. The minimum absolute atomic E-state index is 0.213. The first kappa shape index (κ1) is 16.5. The van der Waals surface area contributed by atoms with Crippen molar-refractivity contribution in [2.24, 2.45) is 0 Å². The molecule has 6 heteroatoms. The Morgan fingerprint density at radius 1 is 1.43 bits per heavy atom. The summed E-state index contributed by atoms with van der Waals surface area (Å²) in [6.07, 6.45) is 1.32. The Morgan fingerprint density at radius 3 is 3.04 bits per heavy atom. The second-order valence-electron chi connectivity index (χ2n) is 6.70. The molecule has 23 heavy (non-hydrogen) atoms. The number of rotatable bonds is 5. The van der Waals surface area contributed by atoms with Gasteiger partial charge in [0.15, 0.2) is 0 Å². The minimum Gasteiger partial charge on any atom is -0.490 e. The third-order valence-corrected chi connectivity index (χ3v) is 6.18. The van der Waals surface area contributed by atoms with Crippen molar-refractivity contribution in [3.63, 3.8) is 0 Å². The summed E-state index contributed by atoms with van der Waals surface area (Å²) in [6, 6.07) is 7.81. The van der Waals surface area contributed by atoms with E-state index in [9.17, 15) is 9.32 Å². The molecule has 2 N–H and O–H groups in total. The van der Waals surface area contributed by atoms with E-state index < -0.39 is 16.9 Å². The predicted molar refractivity (Wildman–Crippen MR) is 93.3 cm³/mol. The molecule has 1 saturated heterocycles. The molecule has 2 heterocycles. The van der Waals surface area contributed by atoms with Gasteiger partial charge < -0.3 is 14.8 Å². The number of aromatic amines is 1. The van der Waals surface area contributed by atoms with Gasteiger partial charge >= 0.3 is 0 Å². The first-order valence-electron chi connectivity index (χ1n) is 7.93. The van der Waals surface area contributed by atoms with Crippen molar-refractivity contribution in [1.29, 1.82) is 0 Å². The number of H-pyrrole nitrogens is 1. The van der Waals surface area contributed by atoms with Crippen LogP contribution in [0.3, 0.4) is 0 Å². The molecule has 1 aromatic heterocycles. The van der Waals surface area contributed by atoms with Crippen LogP contribution in [-0.4, -0.2) is 62.0 Å². The molecule has 0 spiro atoms. The molecule has 3 rings (SSSR count). The number of aliphatic hydroxyl groups excluding tert-OH is 1. The second-order valence-corrected chi connectivity index (χ2v) is 8.91. The van der Waals surface area contributed by atoms with E-state index in [0.29, 0.717) is 12.3 Å². The first-order chi connectivity index (χ1) is 11.0. The average Bonchev–Trinajstić information content (AvgIpc) is 2.97. The van der Waals surface area contributed by atoms with Crippen LogP contribution in [0.1, 0.15) is 13.8 Å². The van der Waals surface area contributed by atoms with Crippen molar-refractivity contribution in [3.05, 3.63) is 30.5 Å². The van der Waals surface area contributed by atoms with Gasteiger partial charge in [-0.05, 0) is 32.0 Å². The lowest BCUT2D eigenvalue weighted by Gasteiger charge is -2.38. The Bertz CT molecular complexity index is 698. The van der Waals surface area contributed by atoms with Gasteiger partial charge in [-0.25, -0.2) is 0 Å². The maximum absolute atomic E-state index is 12.0. The number of aromatic nitrogens is 1. The van der Waals surface area contributed by atoms with Crippen molar-refractivity contribution in [3.8, 4) is 5.75 Å². The number of β-amino-alcohol motifs (C(OH)–C–C–N with tert-alkyl or cyclic N) is 1. The molecular weight excluding hydrogens is 312 g/mol. The van der Waals surface area contributed by atoms with Crippen LogP contribution in [0, 0.1) is 0 Å². The number of ether oxygens (including phenoxy) is 1. The lowest BCUT2D eigenvalue weighted by atomic mass is 10.1.